The molecule has 1 N–H and O–H groups in total. The number of carbonyl (C=O) groups is 2. The van der Waals surface area contributed by atoms with Gasteiger partial charge in [0.2, 0.25) is 0 Å². The van der Waals surface area contributed by atoms with Crippen molar-refractivity contribution >= 4 is 23.4 Å². The second-order valence-corrected chi connectivity index (χ2v) is 6.80. The maximum Gasteiger partial charge on any atom is 0.258 e. The summed E-state index contributed by atoms with van der Waals surface area (Å²) >= 11 is 5.87. The molecule has 2 amide bonds. The molecule has 1 aliphatic rings. The van der Waals surface area contributed by atoms with E-state index in [2.05, 4.69) is 5.32 Å². The van der Waals surface area contributed by atoms with Crippen molar-refractivity contribution in [1.82, 2.24) is 10.2 Å². The highest BCUT2D eigenvalue weighted by Gasteiger charge is 2.25. The fourth-order valence-corrected chi connectivity index (χ4v) is 3.19. The second-order valence-electron chi connectivity index (χ2n) is 6.36. The minimum atomic E-state index is -0.518. The van der Waals surface area contributed by atoms with Gasteiger partial charge in [0.15, 0.2) is 6.61 Å². The number of rotatable bonds is 5. The van der Waals surface area contributed by atoms with E-state index in [0.717, 1.165) is 0 Å². The van der Waals surface area contributed by atoms with Crippen LogP contribution in [0.5, 0.6) is 5.75 Å². The summed E-state index contributed by atoms with van der Waals surface area (Å²) in [5.41, 5.74) is 0.0786. The Morgan fingerprint density at radius 2 is 1.89 bits per heavy atom. The first kappa shape index (κ1) is 19.2. The summed E-state index contributed by atoms with van der Waals surface area (Å²) < 4.78 is 19.2. The van der Waals surface area contributed by atoms with Crippen LogP contribution in [-0.4, -0.2) is 42.5 Å². The van der Waals surface area contributed by atoms with Gasteiger partial charge in [-0.3, -0.25) is 9.59 Å². The van der Waals surface area contributed by atoms with E-state index in [1.165, 1.54) is 12.1 Å². The Bertz CT molecular complexity index is 822. The van der Waals surface area contributed by atoms with Crippen LogP contribution < -0.4 is 10.1 Å². The number of amides is 2. The minimum Gasteiger partial charge on any atom is -0.484 e. The highest BCUT2D eigenvalue weighted by atomic mass is 35.5. The normalized spacial score (nSPS) is 14.7. The van der Waals surface area contributed by atoms with Crippen molar-refractivity contribution in [2.75, 3.05) is 19.7 Å². The first-order valence-electron chi connectivity index (χ1n) is 8.74. The van der Waals surface area contributed by atoms with Gasteiger partial charge in [0.05, 0.1) is 5.56 Å². The number of nitrogens with one attached hydrogen (secondary N) is 1. The smallest absolute Gasteiger partial charge is 0.258 e. The molecule has 0 spiro atoms. The lowest BCUT2D eigenvalue weighted by Crippen LogP contribution is -2.47. The van der Waals surface area contributed by atoms with Crippen LogP contribution in [0.3, 0.4) is 0 Å². The Balaban J connectivity index is 1.44. The van der Waals surface area contributed by atoms with Crippen molar-refractivity contribution < 1.29 is 18.7 Å². The largest absolute Gasteiger partial charge is 0.484 e. The number of ether oxygens (including phenoxy) is 1. The van der Waals surface area contributed by atoms with E-state index in [1.54, 1.807) is 41.3 Å². The molecule has 0 unspecified atom stereocenters. The Hall–Kier alpha value is -2.60. The molecule has 3 rings (SSSR count). The molecule has 142 valence electrons. The molecule has 7 heteroatoms. The Kier molecular flexibility index (Phi) is 6.29. The van der Waals surface area contributed by atoms with Gasteiger partial charge in [-0.05, 0) is 43.2 Å². The molecule has 27 heavy (non-hydrogen) atoms. The van der Waals surface area contributed by atoms with Crippen molar-refractivity contribution in [2.45, 2.75) is 18.9 Å². The van der Waals surface area contributed by atoms with E-state index in [4.69, 9.17) is 16.3 Å². The summed E-state index contributed by atoms with van der Waals surface area (Å²) in [5.74, 6) is -0.532. The summed E-state index contributed by atoms with van der Waals surface area (Å²) in [6.45, 7) is 0.829. The number of carbonyl (C=O) groups excluding carboxylic acids is 2. The molecule has 1 fully saturated rings. The van der Waals surface area contributed by atoms with Gasteiger partial charge in [-0.2, -0.15) is 0 Å². The summed E-state index contributed by atoms with van der Waals surface area (Å²) in [7, 11) is 0. The zero-order chi connectivity index (χ0) is 19.2. The summed E-state index contributed by atoms with van der Waals surface area (Å²) in [4.78, 5) is 26.1. The van der Waals surface area contributed by atoms with Crippen LogP contribution >= 0.6 is 11.6 Å². The fraction of sp³-hybridized carbons (Fsp3) is 0.300. The molecule has 1 heterocycles. The Morgan fingerprint density at radius 1 is 1.15 bits per heavy atom. The van der Waals surface area contributed by atoms with Gasteiger partial charge in [0, 0.05) is 24.2 Å². The third-order valence-corrected chi connectivity index (χ3v) is 4.65. The van der Waals surface area contributed by atoms with Gasteiger partial charge in [-0.1, -0.05) is 29.8 Å². The molecule has 1 saturated heterocycles. The quantitative estimate of drug-likeness (QED) is 0.852. The van der Waals surface area contributed by atoms with Crippen LogP contribution in [0.15, 0.2) is 48.5 Å². The topological polar surface area (TPSA) is 58.6 Å². The molecule has 0 radical (unpaired) electrons. The van der Waals surface area contributed by atoms with Crippen LogP contribution in [-0.2, 0) is 4.79 Å². The molecule has 5 nitrogen and oxygen atoms in total. The molecular formula is C20H20ClFN2O3. The lowest BCUT2D eigenvalue weighted by Gasteiger charge is -2.32. The van der Waals surface area contributed by atoms with Crippen LogP contribution in [0.1, 0.15) is 23.2 Å². The number of nitrogens with zero attached hydrogens (tertiary/aromatic N) is 1. The van der Waals surface area contributed by atoms with Crippen LogP contribution in [0.2, 0.25) is 5.02 Å². The van der Waals surface area contributed by atoms with Crippen LogP contribution in [0.4, 0.5) is 4.39 Å². The minimum absolute atomic E-state index is 0.0369. The molecular weight excluding hydrogens is 371 g/mol. The standard InChI is InChI=1S/C20H20ClFN2O3/c21-14-4-3-5-16(12-14)27-13-19(25)23-15-8-10-24(11-9-15)20(26)17-6-1-2-7-18(17)22/h1-7,12,15H,8-11,13H2,(H,23,25). The van der Waals surface area contributed by atoms with Crippen LogP contribution in [0, 0.1) is 5.82 Å². The van der Waals surface area contributed by atoms with Gasteiger partial charge in [-0.15, -0.1) is 0 Å². The van der Waals surface area contributed by atoms with E-state index in [0.29, 0.717) is 36.7 Å². The Labute approximate surface area is 162 Å². The number of piperidine rings is 1. The predicted molar refractivity (Wildman–Crippen MR) is 100 cm³/mol. The van der Waals surface area contributed by atoms with E-state index in [-0.39, 0.29) is 30.0 Å². The third kappa shape index (κ3) is 5.20. The maximum atomic E-state index is 13.8. The average Bonchev–Trinajstić information content (AvgIpc) is 2.67. The zero-order valence-electron chi connectivity index (χ0n) is 14.7. The monoisotopic (exact) mass is 390 g/mol. The fourth-order valence-electron chi connectivity index (χ4n) is 3.01. The van der Waals surface area contributed by atoms with Gasteiger partial charge in [0.25, 0.3) is 11.8 Å². The van der Waals surface area contributed by atoms with Crippen molar-refractivity contribution in [2.24, 2.45) is 0 Å². The second kappa shape index (κ2) is 8.86. The third-order valence-electron chi connectivity index (χ3n) is 4.42. The SMILES string of the molecule is O=C(COc1cccc(Cl)c1)NC1CCN(C(=O)c2ccccc2F)CC1. The number of hydrogen-bond acceptors (Lipinski definition) is 3. The highest BCUT2D eigenvalue weighted by Crippen LogP contribution is 2.18. The first-order valence-corrected chi connectivity index (χ1v) is 9.12. The lowest BCUT2D eigenvalue weighted by atomic mass is 10.0. The summed E-state index contributed by atoms with van der Waals surface area (Å²) in [6.07, 6.45) is 1.23. The lowest BCUT2D eigenvalue weighted by molar-refractivity contribution is -0.124. The zero-order valence-corrected chi connectivity index (χ0v) is 15.4. The molecule has 1 aliphatic heterocycles. The van der Waals surface area contributed by atoms with E-state index in [1.807, 2.05) is 0 Å². The Morgan fingerprint density at radius 3 is 2.59 bits per heavy atom. The van der Waals surface area contributed by atoms with Crippen molar-refractivity contribution in [1.29, 1.82) is 0 Å². The van der Waals surface area contributed by atoms with Gasteiger partial charge < -0.3 is 15.0 Å². The maximum absolute atomic E-state index is 13.8. The van der Waals surface area contributed by atoms with E-state index < -0.39 is 5.82 Å². The molecule has 0 aromatic heterocycles. The van der Waals surface area contributed by atoms with Gasteiger partial charge >= 0.3 is 0 Å². The van der Waals surface area contributed by atoms with Crippen molar-refractivity contribution in [3.8, 4) is 5.75 Å². The predicted octanol–water partition coefficient (Wildman–Crippen LogP) is 3.28. The molecule has 2 aromatic carbocycles. The van der Waals surface area contributed by atoms with Crippen molar-refractivity contribution in [3.05, 3.63) is 64.9 Å². The highest BCUT2D eigenvalue weighted by molar-refractivity contribution is 6.30. The summed E-state index contributed by atoms with van der Waals surface area (Å²) in [5, 5.41) is 3.45. The average molecular weight is 391 g/mol. The molecule has 0 saturated carbocycles. The molecule has 0 aliphatic carbocycles. The van der Waals surface area contributed by atoms with E-state index in [9.17, 15) is 14.0 Å². The number of hydrogen-bond donors (Lipinski definition) is 1. The molecule has 0 atom stereocenters. The summed E-state index contributed by atoms with van der Waals surface area (Å²) in [6, 6.07) is 12.8. The number of likely N-dealkylation sites (tertiary alicyclic amines) is 1. The van der Waals surface area contributed by atoms with Crippen molar-refractivity contribution in [3.63, 3.8) is 0 Å². The molecule has 0 bridgehead atoms. The van der Waals surface area contributed by atoms with Crippen LogP contribution in [0.25, 0.3) is 0 Å². The first-order chi connectivity index (χ1) is 13.0. The van der Waals surface area contributed by atoms with Gasteiger partial charge in [-0.25, -0.2) is 4.39 Å². The number of halogens is 2. The van der Waals surface area contributed by atoms with E-state index >= 15 is 0 Å². The number of benzene rings is 2. The molecule has 2 aromatic rings. The van der Waals surface area contributed by atoms with Gasteiger partial charge in [0.1, 0.15) is 11.6 Å².